The first kappa shape index (κ1) is 30.3. The molecule has 2 aromatic heterocycles. The molecule has 0 saturated heterocycles. The van der Waals surface area contributed by atoms with E-state index >= 15 is 0 Å². The van der Waals surface area contributed by atoms with Crippen LogP contribution in [0.15, 0.2) is 103 Å². The molecule has 2 heterocycles. The Morgan fingerprint density at radius 1 is 0.634 bits per heavy atom. The molecule has 0 aliphatic heterocycles. The van der Waals surface area contributed by atoms with Crippen molar-refractivity contribution in [2.45, 2.75) is 19.8 Å². The molecule has 4 aromatic rings. The van der Waals surface area contributed by atoms with E-state index < -0.39 is 0 Å². The summed E-state index contributed by atoms with van der Waals surface area (Å²) in [6, 6.07) is 28.1. The Balaban J connectivity index is 0.000000226. The second kappa shape index (κ2) is 16.7. The van der Waals surface area contributed by atoms with E-state index in [1.165, 1.54) is 0 Å². The van der Waals surface area contributed by atoms with Crippen molar-refractivity contribution in [2.75, 3.05) is 27.2 Å². The van der Waals surface area contributed by atoms with E-state index in [9.17, 15) is 9.59 Å². The van der Waals surface area contributed by atoms with Crippen LogP contribution in [0.3, 0.4) is 0 Å². The highest BCUT2D eigenvalue weighted by molar-refractivity contribution is 5.95. The van der Waals surface area contributed by atoms with Crippen LogP contribution < -0.4 is 0 Å². The molecule has 2 amide bonds. The lowest BCUT2D eigenvalue weighted by molar-refractivity contribution is 0.0790. The van der Waals surface area contributed by atoms with E-state index in [0.29, 0.717) is 31.5 Å². The lowest BCUT2D eigenvalue weighted by Crippen LogP contribution is -2.28. The van der Waals surface area contributed by atoms with Gasteiger partial charge in [-0.15, -0.1) is 0 Å². The van der Waals surface area contributed by atoms with Gasteiger partial charge in [-0.25, -0.2) is 9.97 Å². The van der Waals surface area contributed by atoms with E-state index in [0.717, 1.165) is 22.5 Å². The molecule has 0 saturated carbocycles. The van der Waals surface area contributed by atoms with Crippen LogP contribution in [0.4, 0.5) is 0 Å². The summed E-state index contributed by atoms with van der Waals surface area (Å²) in [6.07, 6.45) is 4.70. The number of hydrogen-bond acceptors (Lipinski definition) is 4. The molecule has 41 heavy (non-hydrogen) atoms. The third-order valence-electron chi connectivity index (χ3n) is 6.00. The van der Waals surface area contributed by atoms with Gasteiger partial charge in [-0.1, -0.05) is 60.4 Å². The first-order chi connectivity index (χ1) is 20.0. The van der Waals surface area contributed by atoms with Gasteiger partial charge in [0.2, 0.25) is 0 Å². The van der Waals surface area contributed by atoms with Crippen LogP contribution in [0.25, 0.3) is 0 Å². The van der Waals surface area contributed by atoms with E-state index in [2.05, 4.69) is 33.6 Å². The number of hydrogen-bond donors (Lipinski definition) is 0. The number of carbonyl (C=O) groups is 2. The monoisotopic (exact) mass is 542 g/mol. The van der Waals surface area contributed by atoms with Gasteiger partial charge in [0.05, 0.1) is 0 Å². The van der Waals surface area contributed by atoms with Gasteiger partial charge >= 0.3 is 0 Å². The summed E-state index contributed by atoms with van der Waals surface area (Å²) in [6.45, 7) is 3.16. The predicted octanol–water partition coefficient (Wildman–Crippen LogP) is 5.50. The van der Waals surface area contributed by atoms with E-state index in [4.69, 9.17) is 0 Å². The molecule has 0 N–H and O–H groups in total. The number of aryl methyl sites for hydroxylation is 1. The number of nitrogens with zero attached hydrogens (tertiary/aromatic N) is 4. The minimum Gasteiger partial charge on any atom is -0.341 e. The maximum absolute atomic E-state index is 12.3. The van der Waals surface area contributed by atoms with Crippen molar-refractivity contribution in [3.63, 3.8) is 0 Å². The highest BCUT2D eigenvalue weighted by Gasteiger charge is 2.12. The average molecular weight is 543 g/mol. The average Bonchev–Trinajstić information content (AvgIpc) is 3.02. The second-order valence-electron chi connectivity index (χ2n) is 9.17. The van der Waals surface area contributed by atoms with Crippen molar-refractivity contribution in [3.05, 3.63) is 131 Å². The van der Waals surface area contributed by atoms with E-state index in [-0.39, 0.29) is 11.8 Å². The molecule has 206 valence electrons. The van der Waals surface area contributed by atoms with Gasteiger partial charge in [0.25, 0.3) is 11.8 Å². The number of amides is 2. The molecular weight excluding hydrogens is 508 g/mol. The van der Waals surface area contributed by atoms with Crippen molar-refractivity contribution in [1.82, 2.24) is 19.8 Å². The fraction of sp³-hybridized carbons (Fsp3) is 0.200. The molecule has 0 bridgehead atoms. The Hall–Kier alpha value is -5.20. The van der Waals surface area contributed by atoms with E-state index in [1.807, 2.05) is 97.9 Å². The third kappa shape index (κ3) is 10.5. The number of carbonyl (C=O) groups excluding carboxylic acids is 2. The maximum atomic E-state index is 12.3. The molecule has 0 atom stereocenters. The number of aromatic nitrogens is 2. The maximum Gasteiger partial charge on any atom is 0.253 e. The van der Waals surface area contributed by atoms with Gasteiger partial charge in [-0.05, 0) is 66.8 Å². The molecule has 0 unspecified atom stereocenters. The van der Waals surface area contributed by atoms with Crippen molar-refractivity contribution in [2.24, 2.45) is 0 Å². The van der Waals surface area contributed by atoms with Gasteiger partial charge in [-0.3, -0.25) is 9.59 Å². The normalized spacial score (nSPS) is 9.54. The molecule has 0 spiro atoms. The summed E-state index contributed by atoms with van der Waals surface area (Å²) < 4.78 is 0. The number of pyridine rings is 2. The summed E-state index contributed by atoms with van der Waals surface area (Å²) in [7, 11) is 3.59. The minimum absolute atomic E-state index is 0.0187. The number of rotatable bonds is 6. The van der Waals surface area contributed by atoms with Crippen LogP contribution in [0.1, 0.15) is 50.5 Å². The van der Waals surface area contributed by atoms with Crippen molar-refractivity contribution < 1.29 is 9.59 Å². The fourth-order valence-corrected chi connectivity index (χ4v) is 3.65. The molecule has 2 aromatic carbocycles. The molecule has 0 aliphatic carbocycles. The molecule has 0 radical (unpaired) electrons. The zero-order chi connectivity index (χ0) is 29.3. The number of benzene rings is 2. The van der Waals surface area contributed by atoms with Crippen LogP contribution in [0.5, 0.6) is 0 Å². The zero-order valence-corrected chi connectivity index (χ0v) is 23.7. The topological polar surface area (TPSA) is 66.4 Å². The molecule has 0 fully saturated rings. The van der Waals surface area contributed by atoms with Gasteiger partial charge in [0.15, 0.2) is 0 Å². The van der Waals surface area contributed by atoms with E-state index in [1.54, 1.807) is 36.3 Å². The van der Waals surface area contributed by atoms with Gasteiger partial charge in [-0.2, -0.15) is 0 Å². The lowest BCUT2D eigenvalue weighted by atomic mass is 10.1. The summed E-state index contributed by atoms with van der Waals surface area (Å²) in [5.41, 5.74) is 3.95. The largest absolute Gasteiger partial charge is 0.341 e. The van der Waals surface area contributed by atoms with Crippen LogP contribution in [-0.4, -0.2) is 58.8 Å². The lowest BCUT2D eigenvalue weighted by Gasteiger charge is -2.16. The van der Waals surface area contributed by atoms with Crippen molar-refractivity contribution in [3.8, 4) is 23.7 Å². The molecule has 0 aliphatic rings. The summed E-state index contributed by atoms with van der Waals surface area (Å²) in [5, 5.41) is 0. The SMILES string of the molecule is CN(CCC#Cc1ccccn1)C(=O)c1ccccc1.Cc1ccccc1C(=O)N(C)CCC#Cc1ccccn1. The van der Waals surface area contributed by atoms with Gasteiger partial charge < -0.3 is 9.80 Å². The standard InChI is InChI=1S/C18H18N2O.C17H16N2O/c1-15-9-3-4-12-17(15)18(21)20(2)14-8-6-11-16-10-5-7-13-19-16;1-19(17(20)15-9-3-2-4-10-15)14-8-6-12-16-11-5-7-13-18-16/h3-5,7,9-10,12-13H,8,14H2,1-2H3;2-5,7,9-11,13H,8,14H2,1H3. The quantitative estimate of drug-likeness (QED) is 0.302. The second-order valence-corrected chi connectivity index (χ2v) is 9.17. The Morgan fingerprint density at radius 3 is 1.63 bits per heavy atom. The van der Waals surface area contributed by atoms with Crippen LogP contribution in [-0.2, 0) is 0 Å². The Labute approximate surface area is 243 Å². The van der Waals surface area contributed by atoms with Crippen molar-refractivity contribution >= 4 is 11.8 Å². The Bertz CT molecular complexity index is 1520. The Kier molecular flexibility index (Phi) is 12.4. The van der Waals surface area contributed by atoms with Crippen LogP contribution in [0, 0.1) is 30.6 Å². The van der Waals surface area contributed by atoms with Crippen molar-refractivity contribution in [1.29, 1.82) is 0 Å². The highest BCUT2D eigenvalue weighted by atomic mass is 16.2. The van der Waals surface area contributed by atoms with Gasteiger partial charge in [0.1, 0.15) is 11.4 Å². The van der Waals surface area contributed by atoms with Crippen LogP contribution >= 0.6 is 0 Å². The highest BCUT2D eigenvalue weighted by Crippen LogP contribution is 2.10. The smallest absolute Gasteiger partial charge is 0.253 e. The van der Waals surface area contributed by atoms with Gasteiger partial charge in [0, 0.05) is 63.5 Å². The predicted molar refractivity (Wildman–Crippen MR) is 163 cm³/mol. The summed E-state index contributed by atoms with van der Waals surface area (Å²) >= 11 is 0. The molecule has 6 nitrogen and oxygen atoms in total. The first-order valence-electron chi connectivity index (χ1n) is 13.4. The molecule has 6 heteroatoms. The first-order valence-corrected chi connectivity index (χ1v) is 13.4. The summed E-state index contributed by atoms with van der Waals surface area (Å²) in [5.74, 6) is 12.1. The minimum atomic E-state index is 0.0187. The fourth-order valence-electron chi connectivity index (χ4n) is 3.65. The molecular formula is C35H34N4O2. The Morgan fingerprint density at radius 2 is 1.12 bits per heavy atom. The van der Waals surface area contributed by atoms with Crippen LogP contribution in [0.2, 0.25) is 0 Å². The third-order valence-corrected chi connectivity index (χ3v) is 6.00. The zero-order valence-electron chi connectivity index (χ0n) is 23.7. The summed E-state index contributed by atoms with van der Waals surface area (Å²) in [4.78, 5) is 36.0. The molecule has 4 rings (SSSR count).